The largest absolute Gasteiger partial charge is 0.466 e. The van der Waals surface area contributed by atoms with Crippen LogP contribution in [-0.2, 0) is 16.0 Å². The van der Waals surface area contributed by atoms with E-state index in [1.54, 1.807) is 6.92 Å². The first-order valence-corrected chi connectivity index (χ1v) is 6.53. The Morgan fingerprint density at radius 1 is 1.28 bits per heavy atom. The Kier molecular flexibility index (Phi) is 5.86. The van der Waals surface area contributed by atoms with E-state index in [0.717, 1.165) is 5.56 Å². The van der Waals surface area contributed by atoms with Crippen molar-refractivity contribution in [2.75, 3.05) is 6.61 Å². The molecule has 0 aliphatic heterocycles. The zero-order chi connectivity index (χ0) is 13.5. The van der Waals surface area contributed by atoms with E-state index in [-0.39, 0.29) is 18.4 Å². The second-order valence-corrected chi connectivity index (χ2v) is 4.87. The van der Waals surface area contributed by atoms with Crippen molar-refractivity contribution < 1.29 is 9.53 Å². The van der Waals surface area contributed by atoms with Gasteiger partial charge in [0.25, 0.3) is 0 Å². The van der Waals surface area contributed by atoms with E-state index in [4.69, 9.17) is 10.5 Å². The Morgan fingerprint density at radius 3 is 2.39 bits per heavy atom. The molecule has 18 heavy (non-hydrogen) atoms. The van der Waals surface area contributed by atoms with Crippen molar-refractivity contribution in [3.8, 4) is 0 Å². The van der Waals surface area contributed by atoms with Crippen LogP contribution in [0.3, 0.4) is 0 Å². The van der Waals surface area contributed by atoms with Crippen LogP contribution >= 0.6 is 0 Å². The van der Waals surface area contributed by atoms with Gasteiger partial charge in [0.05, 0.1) is 13.0 Å². The average molecular weight is 249 g/mol. The number of carbonyl (C=O) groups is 1. The molecule has 0 aliphatic carbocycles. The summed E-state index contributed by atoms with van der Waals surface area (Å²) in [4.78, 5) is 11.3. The molecule has 0 aromatic heterocycles. The van der Waals surface area contributed by atoms with Gasteiger partial charge in [0.2, 0.25) is 0 Å². The Hall–Kier alpha value is -1.35. The van der Waals surface area contributed by atoms with Gasteiger partial charge < -0.3 is 10.5 Å². The van der Waals surface area contributed by atoms with Gasteiger partial charge in [-0.15, -0.1) is 0 Å². The maximum Gasteiger partial charge on any atom is 0.307 e. The average Bonchev–Trinajstić information content (AvgIpc) is 2.29. The van der Waals surface area contributed by atoms with Crippen LogP contribution in [0.2, 0.25) is 0 Å². The van der Waals surface area contributed by atoms with Crippen molar-refractivity contribution in [2.45, 2.75) is 45.6 Å². The predicted octanol–water partition coefficient (Wildman–Crippen LogP) is 2.63. The van der Waals surface area contributed by atoms with Crippen LogP contribution in [0, 0.1) is 0 Å². The summed E-state index contributed by atoms with van der Waals surface area (Å²) in [7, 11) is 0. The lowest BCUT2D eigenvalue weighted by Crippen LogP contribution is -2.27. The molecule has 3 heteroatoms. The van der Waals surface area contributed by atoms with Crippen molar-refractivity contribution in [3.63, 3.8) is 0 Å². The van der Waals surface area contributed by atoms with Gasteiger partial charge in [-0.25, -0.2) is 0 Å². The third kappa shape index (κ3) is 4.88. The standard InChI is InChI=1S/C15H23NO2/c1-4-18-15(17)10-14(16)9-12-5-7-13(8-6-12)11(2)3/h5-8,11,14H,4,9-10,16H2,1-3H3. The molecule has 0 saturated heterocycles. The van der Waals surface area contributed by atoms with E-state index in [1.807, 2.05) is 0 Å². The fourth-order valence-electron chi connectivity index (χ4n) is 1.85. The first-order chi connectivity index (χ1) is 8.52. The minimum absolute atomic E-state index is 0.172. The molecule has 1 aromatic rings. The molecule has 0 amide bonds. The third-order valence-corrected chi connectivity index (χ3v) is 2.88. The van der Waals surface area contributed by atoms with Gasteiger partial charge in [-0.2, -0.15) is 0 Å². The van der Waals surface area contributed by atoms with Gasteiger partial charge in [-0.1, -0.05) is 38.1 Å². The first-order valence-electron chi connectivity index (χ1n) is 6.53. The molecular weight excluding hydrogens is 226 g/mol. The maximum atomic E-state index is 11.3. The van der Waals surface area contributed by atoms with Crippen LogP contribution in [0.1, 0.15) is 44.2 Å². The van der Waals surface area contributed by atoms with E-state index in [1.165, 1.54) is 5.56 Å². The van der Waals surface area contributed by atoms with Crippen molar-refractivity contribution in [2.24, 2.45) is 5.73 Å². The summed E-state index contributed by atoms with van der Waals surface area (Å²) in [5.41, 5.74) is 8.41. The summed E-state index contributed by atoms with van der Waals surface area (Å²) in [5, 5.41) is 0. The molecule has 3 nitrogen and oxygen atoms in total. The number of ether oxygens (including phenoxy) is 1. The van der Waals surface area contributed by atoms with E-state index in [2.05, 4.69) is 38.1 Å². The quantitative estimate of drug-likeness (QED) is 0.788. The van der Waals surface area contributed by atoms with Crippen LogP contribution in [-0.4, -0.2) is 18.6 Å². The molecular formula is C15H23NO2. The summed E-state index contributed by atoms with van der Waals surface area (Å²) in [6.45, 7) is 6.55. The smallest absolute Gasteiger partial charge is 0.307 e. The SMILES string of the molecule is CCOC(=O)CC(N)Cc1ccc(C(C)C)cc1. The summed E-state index contributed by atoms with van der Waals surface area (Å²) in [6.07, 6.45) is 0.983. The second-order valence-electron chi connectivity index (χ2n) is 4.87. The lowest BCUT2D eigenvalue weighted by atomic mass is 9.98. The van der Waals surface area contributed by atoms with E-state index >= 15 is 0 Å². The lowest BCUT2D eigenvalue weighted by molar-refractivity contribution is -0.143. The summed E-state index contributed by atoms with van der Waals surface area (Å²) in [5.74, 6) is 0.316. The maximum absolute atomic E-state index is 11.3. The minimum atomic E-state index is -0.219. The van der Waals surface area contributed by atoms with Crippen molar-refractivity contribution in [1.82, 2.24) is 0 Å². The molecule has 1 unspecified atom stereocenters. The van der Waals surface area contributed by atoms with Crippen molar-refractivity contribution >= 4 is 5.97 Å². The number of hydrogen-bond donors (Lipinski definition) is 1. The van der Waals surface area contributed by atoms with Crippen molar-refractivity contribution in [1.29, 1.82) is 0 Å². The fourth-order valence-corrected chi connectivity index (χ4v) is 1.85. The molecule has 0 aliphatic rings. The number of rotatable bonds is 6. The van der Waals surface area contributed by atoms with Crippen molar-refractivity contribution in [3.05, 3.63) is 35.4 Å². The van der Waals surface area contributed by atoms with Gasteiger partial charge in [-0.05, 0) is 30.4 Å². The Morgan fingerprint density at radius 2 is 1.89 bits per heavy atom. The summed E-state index contributed by atoms with van der Waals surface area (Å²) < 4.78 is 4.88. The number of nitrogens with two attached hydrogens (primary N) is 1. The van der Waals surface area contributed by atoms with E-state index in [0.29, 0.717) is 18.9 Å². The highest BCUT2D eigenvalue weighted by molar-refractivity contribution is 5.70. The molecule has 0 fully saturated rings. The summed E-state index contributed by atoms with van der Waals surface area (Å²) in [6, 6.07) is 8.24. The Bertz CT molecular complexity index is 371. The van der Waals surface area contributed by atoms with E-state index in [9.17, 15) is 4.79 Å². The third-order valence-electron chi connectivity index (χ3n) is 2.88. The normalized spacial score (nSPS) is 12.5. The van der Waals surface area contributed by atoms with Gasteiger partial charge in [-0.3, -0.25) is 4.79 Å². The molecule has 0 radical (unpaired) electrons. The van der Waals surface area contributed by atoms with Crippen LogP contribution < -0.4 is 5.73 Å². The highest BCUT2D eigenvalue weighted by atomic mass is 16.5. The van der Waals surface area contributed by atoms with Gasteiger partial charge in [0.1, 0.15) is 0 Å². The second kappa shape index (κ2) is 7.17. The van der Waals surface area contributed by atoms with Gasteiger partial charge in [0.15, 0.2) is 0 Å². The highest BCUT2D eigenvalue weighted by Crippen LogP contribution is 2.15. The van der Waals surface area contributed by atoms with Crippen LogP contribution in [0.15, 0.2) is 24.3 Å². The van der Waals surface area contributed by atoms with Crippen LogP contribution in [0.25, 0.3) is 0 Å². The fraction of sp³-hybridized carbons (Fsp3) is 0.533. The molecule has 1 rings (SSSR count). The minimum Gasteiger partial charge on any atom is -0.466 e. The number of esters is 1. The number of carbonyl (C=O) groups excluding carboxylic acids is 1. The summed E-state index contributed by atoms with van der Waals surface area (Å²) >= 11 is 0. The topological polar surface area (TPSA) is 52.3 Å². The Balaban J connectivity index is 2.49. The van der Waals surface area contributed by atoms with Gasteiger partial charge in [0, 0.05) is 6.04 Å². The van der Waals surface area contributed by atoms with E-state index < -0.39 is 0 Å². The molecule has 0 spiro atoms. The zero-order valence-corrected chi connectivity index (χ0v) is 11.5. The molecule has 2 N–H and O–H groups in total. The molecule has 0 bridgehead atoms. The number of benzene rings is 1. The predicted molar refractivity (Wildman–Crippen MR) is 73.5 cm³/mol. The highest BCUT2D eigenvalue weighted by Gasteiger charge is 2.11. The monoisotopic (exact) mass is 249 g/mol. The Labute approximate surface area is 109 Å². The molecule has 100 valence electrons. The molecule has 0 saturated carbocycles. The first kappa shape index (κ1) is 14.7. The van der Waals surface area contributed by atoms with Crippen LogP contribution in [0.4, 0.5) is 0 Å². The van der Waals surface area contributed by atoms with Crippen LogP contribution in [0.5, 0.6) is 0 Å². The molecule has 0 heterocycles. The van der Waals surface area contributed by atoms with Gasteiger partial charge >= 0.3 is 5.97 Å². The lowest BCUT2D eigenvalue weighted by Gasteiger charge is -2.12. The zero-order valence-electron chi connectivity index (χ0n) is 11.5. The molecule has 1 atom stereocenters. The number of hydrogen-bond acceptors (Lipinski definition) is 3. The molecule has 1 aromatic carbocycles.